The zero-order valence-corrected chi connectivity index (χ0v) is 12.7. The first kappa shape index (κ1) is 14.1. The predicted molar refractivity (Wildman–Crippen MR) is 81.3 cm³/mol. The number of ether oxygens (including phenoxy) is 1. The van der Waals surface area contributed by atoms with Gasteiger partial charge >= 0.3 is 0 Å². The average Bonchev–Trinajstić information content (AvgIpc) is 3.16. The minimum Gasteiger partial charge on any atom is -0.497 e. The van der Waals surface area contributed by atoms with Crippen LogP contribution in [0.25, 0.3) is 0 Å². The van der Waals surface area contributed by atoms with E-state index >= 15 is 0 Å². The molecule has 4 heteroatoms. The second-order valence-corrected chi connectivity index (χ2v) is 5.55. The van der Waals surface area contributed by atoms with Gasteiger partial charge in [-0.25, -0.2) is 0 Å². The van der Waals surface area contributed by atoms with Gasteiger partial charge in [0.25, 0.3) is 0 Å². The Morgan fingerprint density at radius 1 is 1.33 bits per heavy atom. The number of methoxy groups -OCH3 is 1. The minimum absolute atomic E-state index is 0.361. The van der Waals surface area contributed by atoms with E-state index in [1.54, 1.807) is 7.11 Å². The van der Waals surface area contributed by atoms with Gasteiger partial charge in [-0.15, -0.1) is 0 Å². The van der Waals surface area contributed by atoms with Gasteiger partial charge in [0.1, 0.15) is 5.75 Å². The van der Waals surface area contributed by atoms with E-state index in [1.165, 1.54) is 12.0 Å². The Morgan fingerprint density at radius 3 is 2.81 bits per heavy atom. The maximum atomic E-state index is 5.53. The molecule has 1 fully saturated rings. The molecule has 2 heterocycles. The highest BCUT2D eigenvalue weighted by molar-refractivity contribution is 5.27. The van der Waals surface area contributed by atoms with E-state index in [4.69, 9.17) is 9.26 Å². The number of aryl methyl sites for hydroxylation is 1. The highest BCUT2D eigenvalue weighted by Gasteiger charge is 2.29. The van der Waals surface area contributed by atoms with E-state index in [1.807, 2.05) is 12.1 Å². The lowest BCUT2D eigenvalue weighted by Gasteiger charge is -2.22. The van der Waals surface area contributed by atoms with Crippen LogP contribution in [0, 0.1) is 0 Å². The Labute approximate surface area is 125 Å². The van der Waals surface area contributed by atoms with E-state index in [9.17, 15) is 0 Å². The van der Waals surface area contributed by atoms with Gasteiger partial charge in [0, 0.05) is 12.6 Å². The highest BCUT2D eigenvalue weighted by Crippen LogP contribution is 2.33. The fourth-order valence-electron chi connectivity index (χ4n) is 2.95. The summed E-state index contributed by atoms with van der Waals surface area (Å²) in [5, 5.41) is 4.13. The standard InChI is InChI=1S/C17H22N2O2/c1-3-14-11-17(21-18-14)16-5-4-10-19(16)12-13-6-8-15(20-2)9-7-13/h6-9,11,16H,3-5,10,12H2,1-2H3/t16-/m0/s1. The summed E-state index contributed by atoms with van der Waals surface area (Å²) in [4.78, 5) is 2.47. The summed E-state index contributed by atoms with van der Waals surface area (Å²) in [5.41, 5.74) is 2.35. The lowest BCUT2D eigenvalue weighted by molar-refractivity contribution is 0.206. The summed E-state index contributed by atoms with van der Waals surface area (Å²) in [6, 6.07) is 10.8. The van der Waals surface area contributed by atoms with Gasteiger partial charge in [-0.2, -0.15) is 0 Å². The van der Waals surface area contributed by atoms with Crippen LogP contribution in [0.2, 0.25) is 0 Å². The molecular weight excluding hydrogens is 264 g/mol. The van der Waals surface area contributed by atoms with Crippen molar-refractivity contribution in [3.8, 4) is 5.75 Å². The number of likely N-dealkylation sites (tertiary alicyclic amines) is 1. The summed E-state index contributed by atoms with van der Waals surface area (Å²) >= 11 is 0. The number of benzene rings is 1. The first-order chi connectivity index (χ1) is 10.3. The Kier molecular flexibility index (Phi) is 4.25. The number of hydrogen-bond acceptors (Lipinski definition) is 4. The highest BCUT2D eigenvalue weighted by atomic mass is 16.5. The molecule has 112 valence electrons. The van der Waals surface area contributed by atoms with Crippen molar-refractivity contribution < 1.29 is 9.26 Å². The third-order valence-electron chi connectivity index (χ3n) is 4.18. The van der Waals surface area contributed by atoms with Gasteiger partial charge in [0.05, 0.1) is 18.8 Å². The van der Waals surface area contributed by atoms with Crippen molar-refractivity contribution in [2.45, 2.75) is 38.8 Å². The van der Waals surface area contributed by atoms with Crippen molar-refractivity contribution in [1.82, 2.24) is 10.1 Å². The number of aromatic nitrogens is 1. The molecule has 0 aliphatic carbocycles. The van der Waals surface area contributed by atoms with Crippen LogP contribution in [-0.4, -0.2) is 23.7 Å². The van der Waals surface area contributed by atoms with Crippen LogP contribution >= 0.6 is 0 Å². The molecule has 0 saturated carbocycles. The Hall–Kier alpha value is -1.81. The fourth-order valence-corrected chi connectivity index (χ4v) is 2.95. The molecule has 0 N–H and O–H groups in total. The van der Waals surface area contributed by atoms with Gasteiger partial charge in [-0.1, -0.05) is 24.2 Å². The van der Waals surface area contributed by atoms with E-state index in [2.05, 4.69) is 35.2 Å². The molecule has 1 aliphatic rings. The molecule has 0 amide bonds. The second kappa shape index (κ2) is 6.31. The second-order valence-electron chi connectivity index (χ2n) is 5.55. The van der Waals surface area contributed by atoms with Crippen LogP contribution in [0.15, 0.2) is 34.9 Å². The molecule has 0 spiro atoms. The van der Waals surface area contributed by atoms with E-state index in [0.29, 0.717) is 6.04 Å². The summed E-state index contributed by atoms with van der Waals surface area (Å²) in [7, 11) is 1.70. The van der Waals surface area contributed by atoms with Crippen molar-refractivity contribution >= 4 is 0 Å². The van der Waals surface area contributed by atoms with Crippen LogP contribution < -0.4 is 4.74 Å². The van der Waals surface area contributed by atoms with Crippen molar-refractivity contribution in [3.63, 3.8) is 0 Å². The predicted octanol–water partition coefficient (Wildman–Crippen LogP) is 3.58. The summed E-state index contributed by atoms with van der Waals surface area (Å²) in [5.74, 6) is 1.91. The Balaban J connectivity index is 1.71. The minimum atomic E-state index is 0.361. The average molecular weight is 286 g/mol. The SMILES string of the molecule is CCc1cc([C@@H]2CCCN2Cc2ccc(OC)cc2)on1. The van der Waals surface area contributed by atoms with Crippen molar-refractivity contribution in [2.75, 3.05) is 13.7 Å². The van der Waals surface area contributed by atoms with Gasteiger partial charge in [-0.05, 0) is 43.5 Å². The molecule has 0 unspecified atom stereocenters. The molecule has 4 nitrogen and oxygen atoms in total. The maximum Gasteiger partial charge on any atom is 0.154 e. The van der Waals surface area contributed by atoms with Crippen LogP contribution in [0.1, 0.15) is 42.8 Å². The normalized spacial score (nSPS) is 19.0. The molecule has 1 aromatic heterocycles. The van der Waals surface area contributed by atoms with Crippen molar-refractivity contribution in [3.05, 3.63) is 47.3 Å². The van der Waals surface area contributed by atoms with Crippen molar-refractivity contribution in [1.29, 1.82) is 0 Å². The van der Waals surface area contributed by atoms with E-state index in [0.717, 1.165) is 43.1 Å². The van der Waals surface area contributed by atoms with Gasteiger partial charge < -0.3 is 9.26 Å². The lowest BCUT2D eigenvalue weighted by atomic mass is 10.1. The van der Waals surface area contributed by atoms with E-state index < -0.39 is 0 Å². The Morgan fingerprint density at radius 2 is 2.14 bits per heavy atom. The molecule has 3 rings (SSSR count). The lowest BCUT2D eigenvalue weighted by Crippen LogP contribution is -2.22. The molecule has 0 bridgehead atoms. The monoisotopic (exact) mass is 286 g/mol. The smallest absolute Gasteiger partial charge is 0.154 e. The number of hydrogen-bond donors (Lipinski definition) is 0. The number of nitrogens with zero attached hydrogens (tertiary/aromatic N) is 2. The molecule has 2 aromatic rings. The molecule has 1 aromatic carbocycles. The van der Waals surface area contributed by atoms with Crippen LogP contribution in [-0.2, 0) is 13.0 Å². The quantitative estimate of drug-likeness (QED) is 0.842. The summed E-state index contributed by atoms with van der Waals surface area (Å²) in [6.45, 7) is 4.15. The molecule has 1 saturated heterocycles. The summed E-state index contributed by atoms with van der Waals surface area (Å²) < 4.78 is 10.7. The zero-order chi connectivity index (χ0) is 14.7. The van der Waals surface area contributed by atoms with E-state index in [-0.39, 0.29) is 0 Å². The zero-order valence-electron chi connectivity index (χ0n) is 12.7. The van der Waals surface area contributed by atoms with Crippen LogP contribution in [0.3, 0.4) is 0 Å². The van der Waals surface area contributed by atoms with Gasteiger partial charge in [0.2, 0.25) is 0 Å². The largest absolute Gasteiger partial charge is 0.497 e. The topological polar surface area (TPSA) is 38.5 Å². The number of rotatable bonds is 5. The molecule has 1 aliphatic heterocycles. The molecular formula is C17H22N2O2. The molecule has 1 atom stereocenters. The maximum absolute atomic E-state index is 5.53. The van der Waals surface area contributed by atoms with Crippen LogP contribution in [0.5, 0.6) is 5.75 Å². The van der Waals surface area contributed by atoms with Crippen LogP contribution in [0.4, 0.5) is 0 Å². The summed E-state index contributed by atoms with van der Waals surface area (Å²) in [6.07, 6.45) is 3.28. The van der Waals surface area contributed by atoms with Crippen molar-refractivity contribution in [2.24, 2.45) is 0 Å². The first-order valence-corrected chi connectivity index (χ1v) is 7.62. The Bertz CT molecular complexity index is 577. The van der Waals surface area contributed by atoms with Gasteiger partial charge in [0.15, 0.2) is 5.76 Å². The molecule has 0 radical (unpaired) electrons. The molecule has 21 heavy (non-hydrogen) atoms. The third kappa shape index (κ3) is 3.10. The van der Waals surface area contributed by atoms with Gasteiger partial charge in [-0.3, -0.25) is 4.90 Å². The fraction of sp³-hybridized carbons (Fsp3) is 0.471. The first-order valence-electron chi connectivity index (χ1n) is 7.62. The third-order valence-corrected chi connectivity index (χ3v) is 4.18.